The quantitative estimate of drug-likeness (QED) is 0.803. The summed E-state index contributed by atoms with van der Waals surface area (Å²) in [6.07, 6.45) is 2.91. The summed E-state index contributed by atoms with van der Waals surface area (Å²) in [6.45, 7) is 18.3. The van der Waals surface area contributed by atoms with Gasteiger partial charge in [-0.3, -0.25) is 0 Å². The highest BCUT2D eigenvalue weighted by molar-refractivity contribution is 6.98. The zero-order valence-electron chi connectivity index (χ0n) is 13.4. The fourth-order valence-corrected chi connectivity index (χ4v) is 13.3. The van der Waals surface area contributed by atoms with Gasteiger partial charge in [0.15, 0.2) is 0 Å². The lowest BCUT2D eigenvalue weighted by molar-refractivity contribution is 0.735. The molecule has 0 heterocycles. The summed E-state index contributed by atoms with van der Waals surface area (Å²) in [5, 5.41) is 0. The summed E-state index contributed by atoms with van der Waals surface area (Å²) < 4.78 is 0. The summed E-state index contributed by atoms with van der Waals surface area (Å²) in [6, 6.07) is 8.64. The Kier molecular flexibility index (Phi) is 4.65. The van der Waals surface area contributed by atoms with Crippen LogP contribution in [0.4, 0.5) is 0 Å². The molecule has 19 heavy (non-hydrogen) atoms. The third kappa shape index (κ3) is 3.47. The van der Waals surface area contributed by atoms with E-state index in [9.17, 15) is 0 Å². The van der Waals surface area contributed by atoms with Crippen LogP contribution in [0.25, 0.3) is 6.08 Å². The van der Waals surface area contributed by atoms with E-state index in [1.54, 1.807) is 0 Å². The van der Waals surface area contributed by atoms with Crippen LogP contribution in [0.15, 0.2) is 30.8 Å². The van der Waals surface area contributed by atoms with E-state index in [-0.39, 0.29) is 4.79 Å². The van der Waals surface area contributed by atoms with Gasteiger partial charge in [-0.05, 0) is 17.5 Å². The Morgan fingerprint density at radius 2 is 1.63 bits per heavy atom. The predicted molar refractivity (Wildman–Crippen MR) is 93.8 cm³/mol. The molecular formula is C16H29NSi2. The minimum Gasteiger partial charge on any atom is -0.330 e. The summed E-state index contributed by atoms with van der Waals surface area (Å²) in [5.41, 5.74) is 9.51. The van der Waals surface area contributed by atoms with Crippen LogP contribution in [0, 0.1) is 0 Å². The molecule has 1 aromatic rings. The Morgan fingerprint density at radius 1 is 1.11 bits per heavy atom. The first kappa shape index (κ1) is 16.4. The van der Waals surface area contributed by atoms with Gasteiger partial charge in [-0.25, -0.2) is 0 Å². The molecule has 0 aliphatic rings. The van der Waals surface area contributed by atoms with Gasteiger partial charge in [-0.15, -0.1) is 0 Å². The second-order valence-corrected chi connectivity index (χ2v) is 18.9. The van der Waals surface area contributed by atoms with E-state index >= 15 is 0 Å². The lowest BCUT2D eigenvalue weighted by Crippen LogP contribution is -2.73. The number of hydrogen-bond acceptors (Lipinski definition) is 1. The van der Waals surface area contributed by atoms with Crippen LogP contribution in [0.3, 0.4) is 0 Å². The first-order valence-corrected chi connectivity index (χ1v) is 14.0. The first-order chi connectivity index (χ1) is 8.51. The zero-order chi connectivity index (χ0) is 14.9. The first-order valence-electron chi connectivity index (χ1n) is 7.01. The highest BCUT2D eigenvalue weighted by atomic mass is 28.4. The fourth-order valence-electron chi connectivity index (χ4n) is 2.81. The molecule has 0 aromatic heterocycles. The van der Waals surface area contributed by atoms with Gasteiger partial charge in [0.25, 0.3) is 0 Å². The van der Waals surface area contributed by atoms with Gasteiger partial charge in [-0.1, -0.05) is 76.2 Å². The van der Waals surface area contributed by atoms with Gasteiger partial charge in [0.2, 0.25) is 0 Å². The zero-order valence-corrected chi connectivity index (χ0v) is 15.4. The lowest BCUT2D eigenvalue weighted by Gasteiger charge is -2.49. The summed E-state index contributed by atoms with van der Waals surface area (Å²) >= 11 is 0. The van der Waals surface area contributed by atoms with Gasteiger partial charge in [-0.2, -0.15) is 0 Å². The molecule has 0 radical (unpaired) electrons. The third-order valence-corrected chi connectivity index (χ3v) is 14.6. The van der Waals surface area contributed by atoms with E-state index in [0.29, 0.717) is 0 Å². The molecule has 0 aliphatic heterocycles. The average Bonchev–Trinajstić information content (AvgIpc) is 2.26. The van der Waals surface area contributed by atoms with Crippen molar-refractivity contribution >= 4 is 22.2 Å². The van der Waals surface area contributed by atoms with E-state index in [1.807, 2.05) is 6.08 Å². The summed E-state index contributed by atoms with van der Waals surface area (Å²) in [5.74, 6) is 0. The Hall–Kier alpha value is -0.646. The van der Waals surface area contributed by atoms with Crippen LogP contribution >= 0.6 is 0 Å². The average molecular weight is 292 g/mol. The van der Waals surface area contributed by atoms with Crippen molar-refractivity contribution in [1.82, 2.24) is 0 Å². The molecule has 1 rings (SSSR count). The molecule has 0 bridgehead atoms. The minimum absolute atomic E-state index is 0.0137. The predicted octanol–water partition coefficient (Wildman–Crippen LogP) is 4.32. The smallest absolute Gasteiger partial charge is 0.0638 e. The van der Waals surface area contributed by atoms with Gasteiger partial charge in [0.05, 0.1) is 16.1 Å². The Bertz CT molecular complexity index is 439. The molecule has 0 saturated heterocycles. The Labute approximate surface area is 120 Å². The standard InChI is InChI=1S/C16H29NSi2/c1-8-14-10-9-11-15(12-14)13-16(17,18(2,3)4)19(5,6)7/h8-12H,1,13,17H2,2-7H3. The normalized spacial score (nSPS) is 13.4. The molecule has 0 fully saturated rings. The van der Waals surface area contributed by atoms with Crippen molar-refractivity contribution in [3.63, 3.8) is 0 Å². The lowest BCUT2D eigenvalue weighted by atomic mass is 10.1. The number of hydrogen-bond donors (Lipinski definition) is 1. The highest BCUT2D eigenvalue weighted by Gasteiger charge is 2.49. The maximum atomic E-state index is 6.97. The molecule has 0 unspecified atom stereocenters. The molecule has 0 spiro atoms. The van der Waals surface area contributed by atoms with E-state index in [2.05, 4.69) is 70.1 Å². The Balaban J connectivity index is 3.19. The second-order valence-electron chi connectivity index (χ2n) is 7.60. The van der Waals surface area contributed by atoms with Crippen LogP contribution < -0.4 is 5.73 Å². The van der Waals surface area contributed by atoms with Gasteiger partial charge >= 0.3 is 0 Å². The van der Waals surface area contributed by atoms with E-state index in [1.165, 1.54) is 11.1 Å². The molecule has 0 atom stereocenters. The molecular weight excluding hydrogens is 262 g/mol. The van der Waals surface area contributed by atoms with Crippen molar-refractivity contribution in [2.24, 2.45) is 5.73 Å². The minimum atomic E-state index is -1.44. The van der Waals surface area contributed by atoms with Crippen molar-refractivity contribution in [3.8, 4) is 0 Å². The van der Waals surface area contributed by atoms with Crippen LogP contribution in [0.5, 0.6) is 0 Å². The third-order valence-electron chi connectivity index (χ3n) is 4.35. The van der Waals surface area contributed by atoms with Crippen molar-refractivity contribution in [2.45, 2.75) is 50.5 Å². The SMILES string of the molecule is C=Cc1cccc(CC(N)([Si](C)(C)C)[Si](C)(C)C)c1. The van der Waals surface area contributed by atoms with E-state index < -0.39 is 16.1 Å². The van der Waals surface area contributed by atoms with Crippen LogP contribution in [0.2, 0.25) is 39.3 Å². The largest absolute Gasteiger partial charge is 0.330 e. The van der Waals surface area contributed by atoms with Crippen molar-refractivity contribution in [1.29, 1.82) is 0 Å². The summed E-state index contributed by atoms with van der Waals surface area (Å²) in [7, 11) is -2.89. The second kappa shape index (κ2) is 5.39. The molecule has 0 aliphatic carbocycles. The van der Waals surface area contributed by atoms with E-state index in [0.717, 1.165) is 6.42 Å². The molecule has 3 heteroatoms. The molecule has 2 N–H and O–H groups in total. The topological polar surface area (TPSA) is 26.0 Å². The van der Waals surface area contributed by atoms with Gasteiger partial charge in [0, 0.05) is 4.79 Å². The maximum absolute atomic E-state index is 6.97. The maximum Gasteiger partial charge on any atom is 0.0638 e. The van der Waals surface area contributed by atoms with Gasteiger partial charge in [0.1, 0.15) is 0 Å². The van der Waals surface area contributed by atoms with Crippen LogP contribution in [-0.4, -0.2) is 20.9 Å². The molecule has 1 nitrogen and oxygen atoms in total. The number of rotatable bonds is 5. The van der Waals surface area contributed by atoms with E-state index in [4.69, 9.17) is 5.73 Å². The van der Waals surface area contributed by atoms with Gasteiger partial charge < -0.3 is 5.73 Å². The summed E-state index contributed by atoms with van der Waals surface area (Å²) in [4.78, 5) is 0.0137. The fraction of sp³-hybridized carbons (Fsp3) is 0.500. The molecule has 1 aromatic carbocycles. The highest BCUT2D eigenvalue weighted by Crippen LogP contribution is 2.32. The van der Waals surface area contributed by atoms with Crippen molar-refractivity contribution in [3.05, 3.63) is 42.0 Å². The number of nitrogens with two attached hydrogens (primary N) is 1. The van der Waals surface area contributed by atoms with Crippen LogP contribution in [-0.2, 0) is 6.42 Å². The Morgan fingerprint density at radius 3 is 2.05 bits per heavy atom. The molecule has 0 amide bonds. The molecule has 106 valence electrons. The molecule has 0 saturated carbocycles. The van der Waals surface area contributed by atoms with Crippen LogP contribution in [0.1, 0.15) is 11.1 Å². The van der Waals surface area contributed by atoms with Crippen molar-refractivity contribution < 1.29 is 0 Å². The number of benzene rings is 1. The monoisotopic (exact) mass is 291 g/mol. The van der Waals surface area contributed by atoms with Crippen molar-refractivity contribution in [2.75, 3.05) is 0 Å².